The fourth-order valence-corrected chi connectivity index (χ4v) is 6.16. The Morgan fingerprint density at radius 3 is 2.47 bits per heavy atom. The number of hydrazine groups is 1. The number of aromatic nitrogens is 1. The summed E-state index contributed by atoms with van der Waals surface area (Å²) in [7, 11) is 1.72. The molecule has 4 aromatic rings. The van der Waals surface area contributed by atoms with Crippen LogP contribution in [0.4, 0.5) is 4.79 Å². The first-order valence-electron chi connectivity index (χ1n) is 14.4. The summed E-state index contributed by atoms with van der Waals surface area (Å²) in [6.45, 7) is 2.42. The molecular weight excluding hydrogens is 544 g/mol. The van der Waals surface area contributed by atoms with Crippen LogP contribution in [0.25, 0.3) is 10.9 Å². The van der Waals surface area contributed by atoms with Crippen molar-refractivity contribution >= 4 is 28.7 Å². The van der Waals surface area contributed by atoms with Crippen LogP contribution in [0.2, 0.25) is 0 Å². The molecular formula is C33H34N6O4. The lowest BCUT2D eigenvalue weighted by Gasteiger charge is -2.57. The molecule has 0 saturated carbocycles. The van der Waals surface area contributed by atoms with Crippen molar-refractivity contribution in [2.45, 2.75) is 44.7 Å². The minimum Gasteiger partial charge on any atom is -0.508 e. The predicted molar refractivity (Wildman–Crippen MR) is 161 cm³/mol. The number of nitrogens with zero attached hydrogens (tertiary/aromatic N) is 5. The molecule has 3 heterocycles. The molecule has 2 N–H and O–H groups in total. The normalized spacial score (nSPS) is 20.8. The second kappa shape index (κ2) is 11.7. The Morgan fingerprint density at radius 1 is 0.953 bits per heavy atom. The molecule has 3 aromatic carbocycles. The first-order chi connectivity index (χ1) is 20.8. The summed E-state index contributed by atoms with van der Waals surface area (Å²) in [5.41, 5.74) is 3.43. The number of aromatic hydroxyl groups is 1. The number of rotatable bonds is 6. The maximum absolute atomic E-state index is 14.3. The van der Waals surface area contributed by atoms with Gasteiger partial charge in [0.2, 0.25) is 11.8 Å². The summed E-state index contributed by atoms with van der Waals surface area (Å²) in [5, 5.41) is 17.0. The molecule has 3 atom stereocenters. The number of fused-ring (bicyclic) bond motifs is 2. The van der Waals surface area contributed by atoms with E-state index in [1.54, 1.807) is 57.3 Å². The summed E-state index contributed by atoms with van der Waals surface area (Å²) >= 11 is 0. The minimum atomic E-state index is -0.848. The van der Waals surface area contributed by atoms with Crippen LogP contribution in [0.5, 0.6) is 5.75 Å². The highest BCUT2D eigenvalue weighted by Gasteiger charge is 2.54. The van der Waals surface area contributed by atoms with Crippen LogP contribution in [-0.2, 0) is 29.1 Å². The van der Waals surface area contributed by atoms with E-state index >= 15 is 0 Å². The molecule has 220 valence electrons. The number of hydrogen-bond acceptors (Lipinski definition) is 6. The van der Waals surface area contributed by atoms with Crippen LogP contribution in [0.15, 0.2) is 91.1 Å². The van der Waals surface area contributed by atoms with Gasteiger partial charge in [-0.15, -0.1) is 0 Å². The third-order valence-corrected chi connectivity index (χ3v) is 8.30. The van der Waals surface area contributed by atoms with Crippen molar-refractivity contribution in [2.24, 2.45) is 0 Å². The summed E-state index contributed by atoms with van der Waals surface area (Å²) in [6.07, 6.45) is 1.22. The maximum atomic E-state index is 14.3. The number of nitrogens with one attached hydrogen (secondary N) is 1. The van der Waals surface area contributed by atoms with Crippen LogP contribution in [0.1, 0.15) is 23.6 Å². The summed E-state index contributed by atoms with van der Waals surface area (Å²) in [6, 6.07) is 24.3. The monoisotopic (exact) mass is 578 g/mol. The number of likely N-dealkylation sites (N-methyl/N-ethyl adjacent to an activating group) is 1. The maximum Gasteiger partial charge on any atom is 0.334 e. The fraction of sp³-hybridized carbons (Fsp3) is 0.273. The van der Waals surface area contributed by atoms with Gasteiger partial charge in [0, 0.05) is 38.1 Å². The van der Waals surface area contributed by atoms with E-state index in [0.29, 0.717) is 6.54 Å². The van der Waals surface area contributed by atoms with Crippen LogP contribution < -0.4 is 5.32 Å². The highest BCUT2D eigenvalue weighted by molar-refractivity contribution is 5.92. The van der Waals surface area contributed by atoms with E-state index in [4.69, 9.17) is 0 Å². The quantitative estimate of drug-likeness (QED) is 0.363. The molecule has 0 bridgehead atoms. The molecule has 0 unspecified atom stereocenters. The van der Waals surface area contributed by atoms with Crippen molar-refractivity contribution in [2.75, 3.05) is 13.6 Å². The Morgan fingerprint density at radius 2 is 1.70 bits per heavy atom. The van der Waals surface area contributed by atoms with Crippen LogP contribution in [-0.4, -0.2) is 79.6 Å². The highest BCUT2D eigenvalue weighted by atomic mass is 16.3. The average molecular weight is 579 g/mol. The van der Waals surface area contributed by atoms with Gasteiger partial charge in [-0.3, -0.25) is 14.6 Å². The van der Waals surface area contributed by atoms with Crippen molar-refractivity contribution < 1.29 is 19.5 Å². The van der Waals surface area contributed by atoms with E-state index in [0.717, 1.165) is 27.6 Å². The standard InChI is InChI=1S/C33H34N6O4/c1-22-31-38(29(41)21-36(2)39(31)33(43)35-19-24-8-4-3-5-9-24)28(18-23-13-15-27(40)16-14-23)32(42)37(22)20-26-11-6-10-25-12-7-17-34-30(25)26/h3-17,22,28,31,40H,18-21H2,1-2H3,(H,35,43)/t22-,28-,31-/m0/s1. The lowest BCUT2D eigenvalue weighted by molar-refractivity contribution is -0.196. The predicted octanol–water partition coefficient (Wildman–Crippen LogP) is 3.51. The topological polar surface area (TPSA) is 109 Å². The molecule has 2 aliphatic heterocycles. The molecule has 10 nitrogen and oxygen atoms in total. The Balaban J connectivity index is 1.38. The van der Waals surface area contributed by atoms with Gasteiger partial charge in [-0.05, 0) is 41.8 Å². The molecule has 2 fully saturated rings. The van der Waals surface area contributed by atoms with Gasteiger partial charge in [-0.1, -0.05) is 66.7 Å². The van der Waals surface area contributed by atoms with E-state index in [1.165, 1.54) is 0 Å². The largest absolute Gasteiger partial charge is 0.508 e. The second-order valence-electron chi connectivity index (χ2n) is 11.1. The SMILES string of the molecule is C[C@H]1[C@H]2N(C(=O)CN(C)N2C(=O)NCc2ccccc2)[C@@H](Cc2ccc(O)cc2)C(=O)N1Cc1cccc2cccnc12. The zero-order valence-electron chi connectivity index (χ0n) is 24.1. The van der Waals surface area contributed by atoms with E-state index in [2.05, 4.69) is 10.3 Å². The second-order valence-corrected chi connectivity index (χ2v) is 11.1. The van der Waals surface area contributed by atoms with Crippen LogP contribution in [0, 0.1) is 0 Å². The molecule has 4 amide bonds. The number of phenols is 1. The lowest BCUT2D eigenvalue weighted by Crippen LogP contribution is -2.78. The molecule has 10 heteroatoms. The van der Waals surface area contributed by atoms with Crippen LogP contribution in [0.3, 0.4) is 0 Å². The third kappa shape index (κ3) is 5.49. The number of piperazine rings is 1. The van der Waals surface area contributed by atoms with Gasteiger partial charge in [0.1, 0.15) is 18.0 Å². The molecule has 2 saturated heterocycles. The summed E-state index contributed by atoms with van der Waals surface area (Å²) < 4.78 is 0. The van der Waals surface area contributed by atoms with Crippen molar-refractivity contribution in [1.29, 1.82) is 0 Å². The summed E-state index contributed by atoms with van der Waals surface area (Å²) in [4.78, 5) is 49.8. The molecule has 43 heavy (non-hydrogen) atoms. The van der Waals surface area contributed by atoms with E-state index in [-0.39, 0.29) is 43.1 Å². The zero-order valence-corrected chi connectivity index (χ0v) is 24.1. The zero-order chi connectivity index (χ0) is 30.1. The first kappa shape index (κ1) is 28.2. The van der Waals surface area contributed by atoms with Crippen molar-refractivity contribution in [3.05, 3.63) is 108 Å². The number of carbonyl (C=O) groups excluding carboxylic acids is 3. The lowest BCUT2D eigenvalue weighted by atomic mass is 9.94. The number of urea groups is 1. The van der Waals surface area contributed by atoms with Crippen molar-refractivity contribution in [1.82, 2.24) is 30.1 Å². The molecule has 0 radical (unpaired) electrons. The van der Waals surface area contributed by atoms with Gasteiger partial charge < -0.3 is 20.2 Å². The molecule has 0 spiro atoms. The molecule has 2 aliphatic rings. The minimum absolute atomic E-state index is 0.0470. The smallest absolute Gasteiger partial charge is 0.334 e. The Labute approximate surface area is 250 Å². The van der Waals surface area contributed by atoms with Gasteiger partial charge in [-0.25, -0.2) is 14.8 Å². The van der Waals surface area contributed by atoms with E-state index < -0.39 is 18.2 Å². The van der Waals surface area contributed by atoms with Gasteiger partial charge >= 0.3 is 6.03 Å². The fourth-order valence-electron chi connectivity index (χ4n) is 6.16. The van der Waals surface area contributed by atoms with Gasteiger partial charge in [-0.2, -0.15) is 0 Å². The number of phenolic OH excluding ortho intramolecular Hbond substituents is 1. The van der Waals surface area contributed by atoms with Crippen LogP contribution >= 0.6 is 0 Å². The Hall–Kier alpha value is -4.96. The average Bonchev–Trinajstić information content (AvgIpc) is 3.01. The number of amides is 4. The van der Waals surface area contributed by atoms with Gasteiger partial charge in [0.25, 0.3) is 0 Å². The Kier molecular flexibility index (Phi) is 7.69. The number of carbonyl (C=O) groups is 3. The molecule has 6 rings (SSSR count). The van der Waals surface area contributed by atoms with Gasteiger partial charge in [0.15, 0.2) is 0 Å². The highest BCUT2D eigenvalue weighted by Crippen LogP contribution is 2.33. The number of pyridine rings is 1. The first-order valence-corrected chi connectivity index (χ1v) is 14.4. The molecule has 0 aliphatic carbocycles. The van der Waals surface area contributed by atoms with E-state index in [1.807, 2.05) is 67.6 Å². The van der Waals surface area contributed by atoms with Crippen molar-refractivity contribution in [3.8, 4) is 5.75 Å². The Bertz CT molecular complexity index is 1640. The number of hydrogen-bond donors (Lipinski definition) is 2. The van der Waals surface area contributed by atoms with Gasteiger partial charge in [0.05, 0.1) is 18.1 Å². The molecule has 1 aromatic heterocycles. The van der Waals surface area contributed by atoms with Crippen molar-refractivity contribution in [3.63, 3.8) is 0 Å². The number of para-hydroxylation sites is 1. The summed E-state index contributed by atoms with van der Waals surface area (Å²) in [5.74, 6) is -0.311. The number of benzene rings is 3. The third-order valence-electron chi connectivity index (χ3n) is 8.30. The van der Waals surface area contributed by atoms with E-state index in [9.17, 15) is 19.5 Å².